The number of rotatable bonds is 7. The summed E-state index contributed by atoms with van der Waals surface area (Å²) in [6, 6.07) is 11.8. The Morgan fingerprint density at radius 2 is 1.88 bits per heavy atom. The Kier molecular flexibility index (Phi) is 7.30. The Bertz CT molecular complexity index is 1020. The Balaban J connectivity index is 1.34. The molecule has 1 atom stereocenters. The number of sulfonamides is 1. The predicted molar refractivity (Wildman–Crippen MR) is 122 cm³/mol. The highest BCUT2D eigenvalue weighted by Gasteiger charge is 2.29. The molecule has 9 heteroatoms. The maximum atomic E-state index is 12.9. The minimum absolute atomic E-state index is 0.103. The van der Waals surface area contributed by atoms with Crippen molar-refractivity contribution in [2.24, 2.45) is 7.05 Å². The lowest BCUT2D eigenvalue weighted by Gasteiger charge is -2.33. The molecule has 32 heavy (non-hydrogen) atoms. The van der Waals surface area contributed by atoms with Crippen molar-refractivity contribution in [1.29, 1.82) is 0 Å². The zero-order valence-corrected chi connectivity index (χ0v) is 19.4. The number of amides is 1. The first kappa shape index (κ1) is 23.0. The molecule has 3 heterocycles. The summed E-state index contributed by atoms with van der Waals surface area (Å²) in [7, 11) is -1.87. The molecule has 2 aromatic rings. The number of nitrogens with one attached hydrogen (secondary N) is 1. The van der Waals surface area contributed by atoms with Crippen LogP contribution in [0.25, 0.3) is 0 Å². The van der Waals surface area contributed by atoms with Crippen molar-refractivity contribution in [3.63, 3.8) is 0 Å². The summed E-state index contributed by atoms with van der Waals surface area (Å²) in [5.74, 6) is -0.295. The molecule has 2 aliphatic rings. The molecular formula is C23H32N4O4S. The molecule has 1 aromatic heterocycles. The van der Waals surface area contributed by atoms with Gasteiger partial charge in [-0.15, -0.1) is 0 Å². The van der Waals surface area contributed by atoms with Gasteiger partial charge in [0.05, 0.1) is 12.7 Å². The van der Waals surface area contributed by atoms with E-state index in [1.807, 2.05) is 18.2 Å². The summed E-state index contributed by atoms with van der Waals surface area (Å²) in [6.07, 6.45) is 4.23. The van der Waals surface area contributed by atoms with Crippen molar-refractivity contribution in [1.82, 2.24) is 19.1 Å². The van der Waals surface area contributed by atoms with Crippen LogP contribution in [0.3, 0.4) is 0 Å². The van der Waals surface area contributed by atoms with Gasteiger partial charge in [-0.1, -0.05) is 36.8 Å². The fraction of sp³-hybridized carbons (Fsp3) is 0.522. The quantitative estimate of drug-likeness (QED) is 0.682. The highest BCUT2D eigenvalue weighted by molar-refractivity contribution is 7.89. The zero-order valence-electron chi connectivity index (χ0n) is 18.6. The molecule has 1 amide bonds. The van der Waals surface area contributed by atoms with E-state index in [2.05, 4.69) is 22.3 Å². The number of piperidine rings is 1. The van der Waals surface area contributed by atoms with Crippen LogP contribution in [0, 0.1) is 0 Å². The lowest BCUT2D eigenvalue weighted by molar-refractivity contribution is -0.0293. The van der Waals surface area contributed by atoms with E-state index in [0.717, 1.165) is 38.9 Å². The van der Waals surface area contributed by atoms with E-state index in [1.165, 1.54) is 22.1 Å². The molecule has 1 aromatic carbocycles. The Hall–Kier alpha value is -2.20. The summed E-state index contributed by atoms with van der Waals surface area (Å²) in [5, 5.41) is 2.92. The molecule has 2 aliphatic heterocycles. The number of aromatic nitrogens is 1. The topological polar surface area (TPSA) is 83.9 Å². The third-order valence-electron chi connectivity index (χ3n) is 6.13. The summed E-state index contributed by atoms with van der Waals surface area (Å²) in [4.78, 5) is 15.3. The van der Waals surface area contributed by atoms with Gasteiger partial charge in [-0.05, 0) is 24.5 Å². The van der Waals surface area contributed by atoms with Crippen molar-refractivity contribution in [2.75, 3.05) is 39.3 Å². The monoisotopic (exact) mass is 460 g/mol. The third-order valence-corrected chi connectivity index (χ3v) is 7.99. The normalized spacial score (nSPS) is 20.8. The average Bonchev–Trinajstić information content (AvgIpc) is 3.21. The molecule has 1 unspecified atom stereocenters. The van der Waals surface area contributed by atoms with Gasteiger partial charge in [-0.3, -0.25) is 9.69 Å². The van der Waals surface area contributed by atoms with E-state index in [9.17, 15) is 13.2 Å². The molecule has 1 N–H and O–H groups in total. The third kappa shape index (κ3) is 5.40. The molecule has 0 radical (unpaired) electrons. The van der Waals surface area contributed by atoms with Crippen LogP contribution in [-0.4, -0.2) is 73.5 Å². The SMILES string of the molecule is Cn1cc(S(=O)(=O)N2CCCCC2)cc1C(=O)NCC1CN(Cc2ccccc2)CCO1. The number of aryl methyl sites for hydroxylation is 1. The number of carbonyl (C=O) groups excluding carboxylic acids is 1. The summed E-state index contributed by atoms with van der Waals surface area (Å²) >= 11 is 0. The molecule has 2 saturated heterocycles. The van der Waals surface area contributed by atoms with Gasteiger partial charge >= 0.3 is 0 Å². The van der Waals surface area contributed by atoms with E-state index in [-0.39, 0.29) is 16.9 Å². The summed E-state index contributed by atoms with van der Waals surface area (Å²) < 4.78 is 34.8. The van der Waals surface area contributed by atoms with Crippen LogP contribution < -0.4 is 5.32 Å². The van der Waals surface area contributed by atoms with Crippen molar-refractivity contribution in [2.45, 2.75) is 36.8 Å². The number of carbonyl (C=O) groups is 1. The fourth-order valence-electron chi connectivity index (χ4n) is 4.34. The molecule has 0 spiro atoms. The molecule has 174 valence electrons. The second-order valence-electron chi connectivity index (χ2n) is 8.56. The largest absolute Gasteiger partial charge is 0.374 e. The van der Waals surface area contributed by atoms with Crippen LogP contribution in [0.5, 0.6) is 0 Å². The van der Waals surface area contributed by atoms with Gasteiger partial charge < -0.3 is 14.6 Å². The first-order chi connectivity index (χ1) is 15.4. The summed E-state index contributed by atoms with van der Waals surface area (Å²) in [6.45, 7) is 4.52. The number of benzene rings is 1. The van der Waals surface area contributed by atoms with Gasteiger partial charge in [-0.2, -0.15) is 4.31 Å². The van der Waals surface area contributed by atoms with Gasteiger partial charge in [0, 0.05) is 52.5 Å². The fourth-order valence-corrected chi connectivity index (χ4v) is 5.93. The summed E-state index contributed by atoms with van der Waals surface area (Å²) in [5.41, 5.74) is 1.58. The van der Waals surface area contributed by atoms with Crippen molar-refractivity contribution in [3.8, 4) is 0 Å². The first-order valence-electron chi connectivity index (χ1n) is 11.3. The highest BCUT2D eigenvalue weighted by atomic mass is 32.2. The maximum absolute atomic E-state index is 12.9. The molecule has 2 fully saturated rings. The van der Waals surface area contributed by atoms with Crippen molar-refractivity contribution < 1.29 is 17.9 Å². The minimum Gasteiger partial charge on any atom is -0.374 e. The standard InChI is InChI=1S/C23H32N4O4S/c1-25-18-21(32(29,30)27-10-6-3-7-11-27)14-22(25)23(28)24-15-20-17-26(12-13-31-20)16-19-8-4-2-5-9-19/h2,4-5,8-9,14,18,20H,3,6-7,10-13,15-17H2,1H3,(H,24,28). The minimum atomic E-state index is -3.57. The van der Waals surface area contributed by atoms with Gasteiger partial charge in [0.25, 0.3) is 5.91 Å². The van der Waals surface area contributed by atoms with Gasteiger partial charge in [0.15, 0.2) is 0 Å². The highest BCUT2D eigenvalue weighted by Crippen LogP contribution is 2.22. The number of ether oxygens (including phenoxy) is 1. The second kappa shape index (κ2) is 10.2. The van der Waals surface area contributed by atoms with Crippen LogP contribution in [-0.2, 0) is 28.4 Å². The number of hydrogen-bond acceptors (Lipinski definition) is 5. The van der Waals surface area contributed by atoms with Crippen molar-refractivity contribution >= 4 is 15.9 Å². The molecular weight excluding hydrogens is 428 g/mol. The number of nitrogens with zero attached hydrogens (tertiary/aromatic N) is 3. The molecule has 0 bridgehead atoms. The Morgan fingerprint density at radius 3 is 2.62 bits per heavy atom. The van der Waals surface area contributed by atoms with E-state index >= 15 is 0 Å². The molecule has 0 saturated carbocycles. The van der Waals surface area contributed by atoms with Crippen LogP contribution in [0.1, 0.15) is 35.3 Å². The van der Waals surface area contributed by atoms with Crippen LogP contribution in [0.4, 0.5) is 0 Å². The first-order valence-corrected chi connectivity index (χ1v) is 12.7. The maximum Gasteiger partial charge on any atom is 0.268 e. The molecule has 4 rings (SSSR count). The van der Waals surface area contributed by atoms with E-state index in [0.29, 0.717) is 31.9 Å². The Labute approximate surface area is 190 Å². The smallest absolute Gasteiger partial charge is 0.268 e. The second-order valence-corrected chi connectivity index (χ2v) is 10.5. The Morgan fingerprint density at radius 1 is 1.12 bits per heavy atom. The number of morpholine rings is 1. The number of hydrogen-bond donors (Lipinski definition) is 1. The lowest BCUT2D eigenvalue weighted by atomic mass is 10.2. The molecule has 0 aliphatic carbocycles. The van der Waals surface area contributed by atoms with E-state index in [4.69, 9.17) is 4.74 Å². The van der Waals surface area contributed by atoms with Crippen molar-refractivity contribution in [3.05, 3.63) is 53.9 Å². The van der Waals surface area contributed by atoms with E-state index in [1.54, 1.807) is 11.6 Å². The van der Waals surface area contributed by atoms with Gasteiger partial charge in [-0.25, -0.2) is 8.42 Å². The van der Waals surface area contributed by atoms with Crippen LogP contribution in [0.2, 0.25) is 0 Å². The van der Waals surface area contributed by atoms with Gasteiger partial charge in [0.2, 0.25) is 10.0 Å². The van der Waals surface area contributed by atoms with Crippen LogP contribution in [0.15, 0.2) is 47.5 Å². The van der Waals surface area contributed by atoms with E-state index < -0.39 is 10.0 Å². The lowest BCUT2D eigenvalue weighted by Crippen LogP contribution is -2.47. The predicted octanol–water partition coefficient (Wildman–Crippen LogP) is 1.83. The van der Waals surface area contributed by atoms with Gasteiger partial charge in [0.1, 0.15) is 10.6 Å². The average molecular weight is 461 g/mol. The zero-order chi connectivity index (χ0) is 22.6. The van der Waals surface area contributed by atoms with Crippen LogP contribution >= 0.6 is 0 Å². The molecule has 8 nitrogen and oxygen atoms in total.